The van der Waals surface area contributed by atoms with Crippen molar-refractivity contribution >= 4 is 58.0 Å². The fourth-order valence-electron chi connectivity index (χ4n) is 14.6. The second-order valence-corrected chi connectivity index (χ2v) is 25.7. The van der Waals surface area contributed by atoms with Crippen LogP contribution in [0.4, 0.5) is 5.82 Å². The van der Waals surface area contributed by atoms with Crippen LogP contribution in [0.1, 0.15) is 136 Å². The Hall–Kier alpha value is -5.66. The average Bonchev–Trinajstić information content (AvgIpc) is 4.33. The summed E-state index contributed by atoms with van der Waals surface area (Å²) < 4.78 is 6.79. The molecule has 3 atom stereocenters. The first-order chi connectivity index (χ1) is 39.3. The maximum Gasteiger partial charge on any atom is 0.251 e. The number of anilines is 1. The molecule has 0 spiro atoms. The van der Waals surface area contributed by atoms with Crippen molar-refractivity contribution in [2.75, 3.05) is 103 Å². The number of aromatic amines is 1. The summed E-state index contributed by atoms with van der Waals surface area (Å²) in [6.45, 7) is 10.2. The van der Waals surface area contributed by atoms with E-state index in [-0.39, 0.29) is 58.9 Å². The molecule has 434 valence electrons. The number of halogens is 1. The van der Waals surface area contributed by atoms with Crippen LogP contribution in [0.15, 0.2) is 67.1 Å². The monoisotopic (exact) mass is 1130 g/mol. The fraction of sp³-hybridized carbons (Fsp3) is 0.629. The van der Waals surface area contributed by atoms with E-state index in [1.807, 2.05) is 64.5 Å². The molecule has 1 unspecified atom stereocenters. The van der Waals surface area contributed by atoms with E-state index in [0.717, 1.165) is 157 Å². The van der Waals surface area contributed by atoms with Crippen LogP contribution in [0, 0.1) is 17.3 Å². The number of rotatable bonds is 16. The van der Waals surface area contributed by atoms with Crippen LogP contribution < -0.4 is 21.3 Å². The van der Waals surface area contributed by atoms with Gasteiger partial charge in [0, 0.05) is 120 Å². The molecule has 81 heavy (non-hydrogen) atoms. The Morgan fingerprint density at radius 1 is 0.741 bits per heavy atom. The van der Waals surface area contributed by atoms with E-state index in [1.165, 1.54) is 0 Å². The number of hydrogen-bond donors (Lipinski definition) is 4. The zero-order chi connectivity index (χ0) is 55.7. The maximum absolute atomic E-state index is 14.6. The second-order valence-electron chi connectivity index (χ2n) is 25.3. The number of amides is 5. The molecular weight excluding hydrogens is 1040 g/mol. The third-order valence-corrected chi connectivity index (χ3v) is 20.3. The van der Waals surface area contributed by atoms with E-state index in [4.69, 9.17) is 22.1 Å². The zero-order valence-corrected chi connectivity index (χ0v) is 47.9. The zero-order valence-electron chi connectivity index (χ0n) is 47.1. The highest BCUT2D eigenvalue weighted by atomic mass is 35.5. The Labute approximate surface area is 481 Å². The number of nitrogens with zero attached hydrogens (tertiary/aromatic N) is 8. The highest BCUT2D eigenvalue weighted by Crippen LogP contribution is 2.50. The number of fused-ring (bicyclic) bond motifs is 4. The highest BCUT2D eigenvalue weighted by Gasteiger charge is 2.55. The molecule has 5 amide bonds. The van der Waals surface area contributed by atoms with Gasteiger partial charge in [-0.25, -0.2) is 9.97 Å². The number of hydrogen-bond acceptors (Lipinski definition) is 12. The summed E-state index contributed by atoms with van der Waals surface area (Å²) in [7, 11) is 0. The van der Waals surface area contributed by atoms with Crippen LogP contribution >= 0.6 is 11.6 Å². The number of benzene rings is 2. The molecule has 19 heteroatoms. The number of nitrogens with two attached hydrogens (primary N) is 1. The van der Waals surface area contributed by atoms with Gasteiger partial charge in [0.05, 0.1) is 34.6 Å². The SMILES string of the molecule is NC1(C(=O)N[C@@H](CCN2CCN(C(=O)C34CCC(CN5CCN(C(=O)[C@H](NC(=O)c6cccc(C7CCCN(C(=O)C8CC8)C7)c6)C6CCCCC6)CC5)(CC3)OC4)CC2)c2ccc(Cl)cc2)CCN(c2ncnc3[nH]ccc23)CC1. The van der Waals surface area contributed by atoms with E-state index in [1.54, 1.807) is 6.33 Å². The van der Waals surface area contributed by atoms with Gasteiger partial charge in [-0.05, 0) is 131 Å². The van der Waals surface area contributed by atoms with Crippen molar-refractivity contribution in [1.29, 1.82) is 0 Å². The van der Waals surface area contributed by atoms with Gasteiger partial charge in [0.15, 0.2) is 0 Å². The summed E-state index contributed by atoms with van der Waals surface area (Å²) in [5.74, 6) is 1.54. The van der Waals surface area contributed by atoms with Gasteiger partial charge in [0.2, 0.25) is 23.6 Å². The normalized spacial score (nSPS) is 26.5. The van der Waals surface area contributed by atoms with Gasteiger partial charge < -0.3 is 45.7 Å². The third-order valence-electron chi connectivity index (χ3n) is 20.1. The molecule has 9 aliphatic rings. The van der Waals surface area contributed by atoms with Crippen molar-refractivity contribution in [3.63, 3.8) is 0 Å². The minimum absolute atomic E-state index is 0.0273. The summed E-state index contributed by atoms with van der Waals surface area (Å²) in [6, 6.07) is 16.7. The molecule has 2 aromatic heterocycles. The number of H-pyrrole nitrogens is 1. The van der Waals surface area contributed by atoms with Crippen molar-refractivity contribution in [2.45, 2.75) is 132 Å². The van der Waals surface area contributed by atoms with E-state index >= 15 is 0 Å². The van der Waals surface area contributed by atoms with Crippen molar-refractivity contribution in [2.24, 2.45) is 23.0 Å². The Kier molecular flexibility index (Phi) is 16.5. The number of piperidine rings is 2. The average molecular weight is 1130 g/mol. The lowest BCUT2D eigenvalue weighted by molar-refractivity contribution is -0.203. The van der Waals surface area contributed by atoms with Gasteiger partial charge in [-0.2, -0.15) is 0 Å². The first-order valence-corrected chi connectivity index (χ1v) is 31.0. The molecule has 0 radical (unpaired) electrons. The van der Waals surface area contributed by atoms with Crippen molar-refractivity contribution in [1.82, 2.24) is 50.1 Å². The molecular formula is C62H83ClN12O6. The Bertz CT molecular complexity index is 2880. The van der Waals surface area contributed by atoms with Crippen LogP contribution in [0.3, 0.4) is 0 Å². The van der Waals surface area contributed by atoms with Crippen LogP contribution in [0.25, 0.3) is 11.0 Å². The van der Waals surface area contributed by atoms with Crippen LogP contribution in [0.5, 0.6) is 0 Å². The lowest BCUT2D eigenvalue weighted by Crippen LogP contribution is -2.63. The van der Waals surface area contributed by atoms with Gasteiger partial charge in [-0.3, -0.25) is 33.8 Å². The fourth-order valence-corrected chi connectivity index (χ4v) is 14.7. The number of carbonyl (C=O) groups is 5. The Morgan fingerprint density at radius 3 is 2.19 bits per heavy atom. The van der Waals surface area contributed by atoms with Crippen molar-refractivity contribution in [3.05, 3.63) is 88.8 Å². The number of aromatic nitrogens is 3. The molecule has 18 nitrogen and oxygen atoms in total. The maximum atomic E-state index is 14.6. The first-order valence-electron chi connectivity index (χ1n) is 30.6. The molecule has 8 heterocycles. The predicted octanol–water partition coefficient (Wildman–Crippen LogP) is 6.27. The number of nitrogens with one attached hydrogen (secondary N) is 3. The van der Waals surface area contributed by atoms with Gasteiger partial charge >= 0.3 is 0 Å². The van der Waals surface area contributed by atoms with Crippen molar-refractivity contribution < 1.29 is 28.7 Å². The smallest absolute Gasteiger partial charge is 0.251 e. The summed E-state index contributed by atoms with van der Waals surface area (Å²) >= 11 is 6.32. The molecule has 9 fully saturated rings. The van der Waals surface area contributed by atoms with Gasteiger partial charge in [-0.1, -0.05) is 55.1 Å². The van der Waals surface area contributed by atoms with Gasteiger partial charge in [-0.15, -0.1) is 0 Å². The molecule has 13 rings (SSSR count). The molecule has 2 bridgehead atoms. The second kappa shape index (κ2) is 23.9. The topological polar surface area (TPSA) is 206 Å². The van der Waals surface area contributed by atoms with E-state index in [2.05, 4.69) is 51.3 Å². The lowest BCUT2D eigenvalue weighted by Gasteiger charge is -2.55. The highest BCUT2D eigenvalue weighted by molar-refractivity contribution is 6.30. The Balaban J connectivity index is 0.597. The molecule has 4 aromatic rings. The lowest BCUT2D eigenvalue weighted by atomic mass is 9.65. The van der Waals surface area contributed by atoms with E-state index in [9.17, 15) is 24.0 Å². The number of likely N-dealkylation sites (tertiary alicyclic amines) is 1. The molecule has 6 aliphatic heterocycles. The summed E-state index contributed by atoms with van der Waals surface area (Å²) in [6.07, 6.45) is 17.5. The van der Waals surface area contributed by atoms with Crippen LogP contribution in [-0.4, -0.2) is 184 Å². The largest absolute Gasteiger partial charge is 0.373 e. The van der Waals surface area contributed by atoms with Gasteiger partial charge in [0.1, 0.15) is 23.8 Å². The molecule has 6 saturated heterocycles. The Morgan fingerprint density at radius 2 is 1.47 bits per heavy atom. The third kappa shape index (κ3) is 12.2. The van der Waals surface area contributed by atoms with Crippen LogP contribution in [0.2, 0.25) is 5.02 Å². The van der Waals surface area contributed by atoms with Crippen molar-refractivity contribution in [3.8, 4) is 0 Å². The molecule has 3 aliphatic carbocycles. The van der Waals surface area contributed by atoms with Gasteiger partial charge in [0.25, 0.3) is 5.91 Å². The summed E-state index contributed by atoms with van der Waals surface area (Å²) in [5.41, 5.74) is 8.52. The first kappa shape index (κ1) is 55.9. The molecule has 3 saturated carbocycles. The summed E-state index contributed by atoms with van der Waals surface area (Å²) in [5, 5.41) is 8.20. The molecule has 2 aromatic carbocycles. The quantitative estimate of drug-likeness (QED) is 0.0981. The minimum atomic E-state index is -1.02. The predicted molar refractivity (Wildman–Crippen MR) is 310 cm³/mol. The van der Waals surface area contributed by atoms with Crippen LogP contribution in [-0.2, 0) is 23.9 Å². The standard InChI is InChI=1S/C62H83ClN12O6/c63-49-15-13-43(14-16-49)51(68-58(79)62(64)23-28-72(29-24-62)54-50-17-25-65-53(50)66-42-67-54)18-27-70-30-36-74(37-31-70)59(80)60-19-21-61(22-20-60,81-41-60)40-71-32-34-73(35-33-71)57(78)52(44-6-2-1-3-7-44)69-55(76)47-9-4-8-46(38-47)48-10-5-26-75(39-48)56(77)45-11-12-45/h4,8-9,13-17,25,38,42,44-45,48,51-52H,1-3,5-7,10-12,18-24,26-37,39-41,64H2,(H,68,79)(H,69,76)(H,65,66,67)/t48?,51-,52+,60?,61?/m0/s1. The molecule has 5 N–H and O–H groups in total. The minimum Gasteiger partial charge on any atom is -0.373 e. The number of carbonyl (C=O) groups excluding carboxylic acids is 5. The summed E-state index contributed by atoms with van der Waals surface area (Å²) in [4.78, 5) is 95.3. The van der Waals surface area contributed by atoms with E-state index in [0.29, 0.717) is 82.3 Å². The van der Waals surface area contributed by atoms with E-state index < -0.39 is 17.0 Å². The number of ether oxygens (including phenoxy) is 1. The number of piperazine rings is 2.